The van der Waals surface area contributed by atoms with Crippen molar-refractivity contribution in [2.45, 2.75) is 19.9 Å². The summed E-state index contributed by atoms with van der Waals surface area (Å²) in [6, 6.07) is 23.8. The molecule has 3 aromatic carbocycles. The lowest BCUT2D eigenvalue weighted by Gasteiger charge is -2.12. The van der Waals surface area contributed by atoms with E-state index in [4.69, 9.17) is 0 Å². The summed E-state index contributed by atoms with van der Waals surface area (Å²) >= 11 is 0. The Morgan fingerprint density at radius 2 is 1.55 bits per heavy atom. The Labute approximate surface area is 191 Å². The zero-order valence-electron chi connectivity index (χ0n) is 18.2. The lowest BCUT2D eigenvalue weighted by molar-refractivity contribution is -0.115. The Bertz CT molecular complexity index is 1360. The molecule has 2 N–H and O–H groups in total. The molecule has 0 fully saturated rings. The number of carbonyl (C=O) groups is 2. The first kappa shape index (κ1) is 22.0. The van der Waals surface area contributed by atoms with Crippen LogP contribution in [0.2, 0.25) is 0 Å². The fourth-order valence-corrected chi connectivity index (χ4v) is 3.66. The molecule has 0 aliphatic rings. The monoisotopic (exact) mass is 440 g/mol. The highest BCUT2D eigenvalue weighted by Crippen LogP contribution is 2.16. The quantitative estimate of drug-likeness (QED) is 0.461. The number of carbonyl (C=O) groups excluding carboxylic acids is 2. The molecule has 0 bridgehead atoms. The van der Waals surface area contributed by atoms with Crippen molar-refractivity contribution in [3.05, 3.63) is 106 Å². The van der Waals surface area contributed by atoms with Crippen molar-refractivity contribution >= 4 is 28.3 Å². The number of hydrogen-bond acceptors (Lipinski definition) is 4. The van der Waals surface area contributed by atoms with E-state index in [1.807, 2.05) is 61.5 Å². The van der Waals surface area contributed by atoms with Gasteiger partial charge in [0.05, 0.1) is 18.5 Å². The molecular weight excluding hydrogens is 416 g/mol. The number of hydrogen-bond donors (Lipinski definition) is 2. The fraction of sp³-hybridized carbons (Fsp3) is 0.154. The summed E-state index contributed by atoms with van der Waals surface area (Å²) in [5.41, 5.74) is 2.45. The molecule has 0 aliphatic heterocycles. The molecule has 0 radical (unpaired) electrons. The van der Waals surface area contributed by atoms with Crippen LogP contribution < -0.4 is 16.2 Å². The van der Waals surface area contributed by atoms with Gasteiger partial charge in [-0.25, -0.2) is 4.68 Å². The van der Waals surface area contributed by atoms with Crippen LogP contribution in [-0.4, -0.2) is 28.1 Å². The summed E-state index contributed by atoms with van der Waals surface area (Å²) in [6.07, 6.45) is 0.779. The van der Waals surface area contributed by atoms with Gasteiger partial charge in [-0.05, 0) is 29.7 Å². The Balaban J connectivity index is 1.56. The number of amides is 2. The average Bonchev–Trinajstić information content (AvgIpc) is 2.85. The molecule has 1 heterocycles. The summed E-state index contributed by atoms with van der Waals surface area (Å²) in [6.45, 7) is 2.03. The van der Waals surface area contributed by atoms with E-state index in [9.17, 15) is 14.4 Å². The van der Waals surface area contributed by atoms with Gasteiger partial charge in [-0.3, -0.25) is 14.4 Å². The Kier molecular flexibility index (Phi) is 6.59. The van der Waals surface area contributed by atoms with Gasteiger partial charge in [0.25, 0.3) is 11.5 Å². The fourth-order valence-electron chi connectivity index (χ4n) is 3.66. The molecule has 0 saturated carbocycles. The van der Waals surface area contributed by atoms with E-state index in [2.05, 4.69) is 15.7 Å². The first-order chi connectivity index (χ1) is 16.1. The van der Waals surface area contributed by atoms with Gasteiger partial charge >= 0.3 is 0 Å². The maximum absolute atomic E-state index is 13.0. The minimum Gasteiger partial charge on any atom is -0.342 e. The summed E-state index contributed by atoms with van der Waals surface area (Å²) < 4.78 is 1.28. The molecular formula is C26H24N4O3. The summed E-state index contributed by atoms with van der Waals surface area (Å²) in [4.78, 5) is 38.4. The number of para-hydroxylation sites is 1. The van der Waals surface area contributed by atoms with Gasteiger partial charge in [-0.1, -0.05) is 73.7 Å². The summed E-state index contributed by atoms with van der Waals surface area (Å²) in [7, 11) is 0. The van der Waals surface area contributed by atoms with Gasteiger partial charge < -0.3 is 10.6 Å². The van der Waals surface area contributed by atoms with E-state index in [0.717, 1.165) is 23.2 Å². The van der Waals surface area contributed by atoms with Crippen LogP contribution in [0, 0.1) is 0 Å². The number of rotatable bonds is 7. The van der Waals surface area contributed by atoms with Gasteiger partial charge in [0, 0.05) is 11.1 Å². The second-order valence-corrected chi connectivity index (χ2v) is 7.58. The maximum atomic E-state index is 13.0. The number of fused-ring (bicyclic) bond motifs is 1. The van der Waals surface area contributed by atoms with Crippen LogP contribution in [-0.2, 0) is 17.8 Å². The van der Waals surface area contributed by atoms with E-state index in [0.29, 0.717) is 10.8 Å². The third-order valence-electron chi connectivity index (χ3n) is 5.34. The van der Waals surface area contributed by atoms with Crippen LogP contribution in [0.15, 0.2) is 83.7 Å². The molecule has 4 rings (SSSR count). The van der Waals surface area contributed by atoms with E-state index in [1.165, 1.54) is 4.68 Å². The normalized spacial score (nSPS) is 10.7. The molecule has 1 aromatic heterocycles. The molecule has 0 spiro atoms. The minimum atomic E-state index is -0.521. The van der Waals surface area contributed by atoms with Crippen molar-refractivity contribution in [1.82, 2.24) is 15.1 Å². The lowest BCUT2D eigenvalue weighted by atomic mass is 10.1. The predicted octanol–water partition coefficient (Wildman–Crippen LogP) is 3.38. The largest absolute Gasteiger partial charge is 0.342 e. The van der Waals surface area contributed by atoms with Crippen LogP contribution in [0.1, 0.15) is 28.5 Å². The van der Waals surface area contributed by atoms with Crippen molar-refractivity contribution in [1.29, 1.82) is 0 Å². The number of aryl methyl sites for hydroxylation is 1. The lowest BCUT2D eigenvalue weighted by Crippen LogP contribution is -2.35. The number of aromatic nitrogens is 2. The maximum Gasteiger partial charge on any atom is 0.274 e. The molecule has 2 amide bonds. The van der Waals surface area contributed by atoms with E-state index in [-0.39, 0.29) is 30.2 Å². The Morgan fingerprint density at radius 1 is 0.879 bits per heavy atom. The highest BCUT2D eigenvalue weighted by molar-refractivity contribution is 6.06. The van der Waals surface area contributed by atoms with Crippen LogP contribution in [0.25, 0.3) is 10.8 Å². The first-order valence-electron chi connectivity index (χ1n) is 10.8. The molecule has 0 saturated heterocycles. The molecule has 166 valence electrons. The smallest absolute Gasteiger partial charge is 0.274 e. The number of anilines is 1. The van der Waals surface area contributed by atoms with Crippen molar-refractivity contribution in [3.8, 4) is 0 Å². The molecule has 7 nitrogen and oxygen atoms in total. The van der Waals surface area contributed by atoms with Gasteiger partial charge in [0.2, 0.25) is 5.91 Å². The summed E-state index contributed by atoms with van der Waals surface area (Å²) in [5, 5.41) is 10.6. The van der Waals surface area contributed by atoms with Crippen molar-refractivity contribution in [2.24, 2.45) is 0 Å². The second-order valence-electron chi connectivity index (χ2n) is 7.58. The Hall–Kier alpha value is -4.26. The van der Waals surface area contributed by atoms with Gasteiger partial charge in [-0.2, -0.15) is 5.10 Å². The van der Waals surface area contributed by atoms with E-state index >= 15 is 0 Å². The van der Waals surface area contributed by atoms with Gasteiger partial charge in [0.1, 0.15) is 0 Å². The number of nitrogens with zero attached hydrogens (tertiary/aromatic N) is 2. The second kappa shape index (κ2) is 9.91. The van der Waals surface area contributed by atoms with Crippen LogP contribution in [0.3, 0.4) is 0 Å². The predicted molar refractivity (Wildman–Crippen MR) is 128 cm³/mol. The third kappa shape index (κ3) is 4.98. The zero-order valence-corrected chi connectivity index (χ0v) is 18.2. The highest BCUT2D eigenvalue weighted by atomic mass is 16.2. The number of nitrogens with one attached hydrogen (secondary N) is 2. The molecule has 0 unspecified atom stereocenters. The average molecular weight is 441 g/mol. The molecule has 33 heavy (non-hydrogen) atoms. The van der Waals surface area contributed by atoms with Crippen LogP contribution in [0.5, 0.6) is 0 Å². The first-order valence-corrected chi connectivity index (χ1v) is 10.8. The van der Waals surface area contributed by atoms with E-state index < -0.39 is 5.91 Å². The van der Waals surface area contributed by atoms with Crippen LogP contribution >= 0.6 is 0 Å². The van der Waals surface area contributed by atoms with Crippen molar-refractivity contribution < 1.29 is 9.59 Å². The van der Waals surface area contributed by atoms with Gasteiger partial charge in [-0.15, -0.1) is 0 Å². The molecule has 0 aliphatic carbocycles. The van der Waals surface area contributed by atoms with Gasteiger partial charge in [0.15, 0.2) is 5.69 Å². The van der Waals surface area contributed by atoms with Crippen molar-refractivity contribution in [2.75, 3.05) is 11.9 Å². The topological polar surface area (TPSA) is 93.1 Å². The molecule has 4 aromatic rings. The van der Waals surface area contributed by atoms with Crippen molar-refractivity contribution in [3.63, 3.8) is 0 Å². The van der Waals surface area contributed by atoms with Crippen LogP contribution in [0.4, 0.5) is 5.69 Å². The summed E-state index contributed by atoms with van der Waals surface area (Å²) in [5.74, 6) is -0.863. The Morgan fingerprint density at radius 3 is 2.30 bits per heavy atom. The third-order valence-corrected chi connectivity index (χ3v) is 5.34. The standard InChI is InChI=1S/C26H24N4O3/c1-2-19-12-6-9-15-22(19)28-23(31)16-27-25(32)24-20-13-7-8-14-21(20)26(33)30(29-24)17-18-10-4-3-5-11-18/h3-15H,2,16-17H2,1H3,(H,27,32)(H,28,31). The zero-order chi connectivity index (χ0) is 23.2. The highest BCUT2D eigenvalue weighted by Gasteiger charge is 2.18. The number of benzene rings is 3. The SMILES string of the molecule is CCc1ccccc1NC(=O)CNC(=O)c1nn(Cc2ccccc2)c(=O)c2ccccc12. The molecule has 7 heteroatoms. The minimum absolute atomic E-state index is 0.0999. The molecule has 0 atom stereocenters. The van der Waals surface area contributed by atoms with E-state index in [1.54, 1.807) is 24.3 Å².